The van der Waals surface area contributed by atoms with E-state index in [1.54, 1.807) is 13.0 Å². The predicted molar refractivity (Wildman–Crippen MR) is 79.1 cm³/mol. The average molecular weight is 308 g/mol. The molecule has 0 saturated heterocycles. The number of rotatable bonds is 5. The second-order valence-electron chi connectivity index (χ2n) is 4.01. The number of nitriles is 1. The molecule has 0 atom stereocenters. The van der Waals surface area contributed by atoms with Gasteiger partial charge in [-0.05, 0) is 26.3 Å². The lowest BCUT2D eigenvalue weighted by atomic mass is 10.1. The fourth-order valence-electron chi connectivity index (χ4n) is 1.56. The van der Waals surface area contributed by atoms with Crippen molar-refractivity contribution in [3.8, 4) is 6.07 Å². The van der Waals surface area contributed by atoms with Gasteiger partial charge < -0.3 is 14.8 Å². The number of carbonyl (C=O) groups is 2. The van der Waals surface area contributed by atoms with Gasteiger partial charge in [0, 0.05) is 11.1 Å². The summed E-state index contributed by atoms with van der Waals surface area (Å²) in [6.07, 6.45) is 1.23. The summed E-state index contributed by atoms with van der Waals surface area (Å²) in [5.41, 5.74) is 1.03. The number of thiophene rings is 1. The van der Waals surface area contributed by atoms with Crippen molar-refractivity contribution in [1.82, 2.24) is 0 Å². The first-order chi connectivity index (χ1) is 9.96. The second-order valence-corrected chi connectivity index (χ2v) is 5.24. The molecule has 0 bridgehead atoms. The summed E-state index contributed by atoms with van der Waals surface area (Å²) in [5, 5.41) is 12.3. The summed E-state index contributed by atoms with van der Waals surface area (Å²) in [5.74, 6) is -1.18. The molecule has 1 rings (SSSR count). The molecule has 0 fully saturated rings. The maximum Gasteiger partial charge on any atom is 0.350 e. The predicted octanol–water partition coefficient (Wildman–Crippen LogP) is 2.53. The van der Waals surface area contributed by atoms with Gasteiger partial charge in [0.15, 0.2) is 5.57 Å². The van der Waals surface area contributed by atoms with Crippen molar-refractivity contribution < 1.29 is 19.1 Å². The third-order valence-corrected chi connectivity index (χ3v) is 3.88. The van der Waals surface area contributed by atoms with E-state index in [0.29, 0.717) is 10.6 Å². The lowest BCUT2D eigenvalue weighted by molar-refractivity contribution is -0.138. The van der Waals surface area contributed by atoms with Gasteiger partial charge in [-0.15, -0.1) is 11.3 Å². The van der Waals surface area contributed by atoms with Gasteiger partial charge in [0.2, 0.25) is 0 Å². The summed E-state index contributed by atoms with van der Waals surface area (Å²) < 4.78 is 9.49. The molecule has 1 aromatic rings. The van der Waals surface area contributed by atoms with Crippen molar-refractivity contribution in [3.63, 3.8) is 0 Å². The lowest BCUT2D eigenvalue weighted by Crippen LogP contribution is -2.09. The summed E-state index contributed by atoms with van der Waals surface area (Å²) >= 11 is 1.34. The monoisotopic (exact) mass is 308 g/mol. The molecule has 1 N–H and O–H groups in total. The number of nitrogens with one attached hydrogen (secondary N) is 1. The minimum absolute atomic E-state index is 0.170. The summed E-state index contributed by atoms with van der Waals surface area (Å²) in [7, 11) is 1.30. The molecule has 0 spiro atoms. The highest BCUT2D eigenvalue weighted by Gasteiger charge is 2.20. The number of anilines is 1. The summed E-state index contributed by atoms with van der Waals surface area (Å²) in [6.45, 7) is 5.52. The maximum absolute atomic E-state index is 11.8. The minimum atomic E-state index is -0.711. The van der Waals surface area contributed by atoms with Gasteiger partial charge in [-0.1, -0.05) is 0 Å². The van der Waals surface area contributed by atoms with Crippen LogP contribution < -0.4 is 5.32 Å². The molecule has 6 nitrogen and oxygen atoms in total. The Morgan fingerprint density at radius 2 is 2.10 bits per heavy atom. The van der Waals surface area contributed by atoms with Crippen LogP contribution >= 0.6 is 11.3 Å². The molecule has 0 amide bonds. The Balaban J connectivity index is 3.08. The maximum atomic E-state index is 11.8. The molecule has 0 unspecified atom stereocenters. The third-order valence-electron chi connectivity index (χ3n) is 2.74. The third kappa shape index (κ3) is 3.83. The second kappa shape index (κ2) is 7.45. The van der Waals surface area contributed by atoms with E-state index in [1.807, 2.05) is 13.8 Å². The molecule has 21 heavy (non-hydrogen) atoms. The molecule has 0 aliphatic heterocycles. The van der Waals surface area contributed by atoms with Gasteiger partial charge in [-0.2, -0.15) is 5.26 Å². The largest absolute Gasteiger partial charge is 0.465 e. The topological polar surface area (TPSA) is 88.4 Å². The van der Waals surface area contributed by atoms with Crippen LogP contribution in [0.1, 0.15) is 27.7 Å². The van der Waals surface area contributed by atoms with Crippen LogP contribution in [0.4, 0.5) is 5.00 Å². The summed E-state index contributed by atoms with van der Waals surface area (Å²) in [4.78, 5) is 24.2. The fourth-order valence-corrected chi connectivity index (χ4v) is 2.58. The smallest absolute Gasteiger partial charge is 0.350 e. The number of methoxy groups -OCH3 is 1. The fraction of sp³-hybridized carbons (Fsp3) is 0.357. The number of aryl methyl sites for hydroxylation is 1. The molecule has 0 aliphatic carbocycles. The van der Waals surface area contributed by atoms with Crippen LogP contribution in [0.25, 0.3) is 0 Å². The molecule has 0 aromatic carbocycles. The van der Waals surface area contributed by atoms with Crippen molar-refractivity contribution in [3.05, 3.63) is 27.8 Å². The Kier molecular flexibility index (Phi) is 5.93. The number of esters is 2. The normalized spacial score (nSPS) is 10.7. The SMILES string of the molecule is CCOC(=O)/C(C#N)=C/Nc1sc(C)c(C)c1C(=O)OC. The van der Waals surface area contributed by atoms with E-state index in [0.717, 1.165) is 10.4 Å². The minimum Gasteiger partial charge on any atom is -0.465 e. The van der Waals surface area contributed by atoms with Gasteiger partial charge in [0.1, 0.15) is 11.1 Å². The van der Waals surface area contributed by atoms with Crippen LogP contribution in [0.2, 0.25) is 0 Å². The van der Waals surface area contributed by atoms with E-state index >= 15 is 0 Å². The van der Waals surface area contributed by atoms with Gasteiger partial charge in [-0.25, -0.2) is 9.59 Å². The number of nitrogens with zero attached hydrogens (tertiary/aromatic N) is 1. The van der Waals surface area contributed by atoms with Crippen LogP contribution in [0.3, 0.4) is 0 Å². The molecule has 0 aliphatic rings. The zero-order valence-corrected chi connectivity index (χ0v) is 13.1. The molecule has 112 valence electrons. The van der Waals surface area contributed by atoms with E-state index in [-0.39, 0.29) is 12.2 Å². The molecular weight excluding hydrogens is 292 g/mol. The quantitative estimate of drug-likeness (QED) is 0.511. The molecule has 1 aromatic heterocycles. The van der Waals surface area contributed by atoms with Crippen molar-refractivity contribution >= 4 is 28.3 Å². The van der Waals surface area contributed by atoms with Gasteiger partial charge in [0.05, 0.1) is 19.3 Å². The average Bonchev–Trinajstić information content (AvgIpc) is 2.74. The Labute approximate surface area is 127 Å². The molecule has 0 radical (unpaired) electrons. The van der Waals surface area contributed by atoms with E-state index in [1.165, 1.54) is 24.6 Å². The van der Waals surface area contributed by atoms with Crippen molar-refractivity contribution in [2.75, 3.05) is 19.0 Å². The van der Waals surface area contributed by atoms with E-state index in [9.17, 15) is 9.59 Å². The highest BCUT2D eigenvalue weighted by Crippen LogP contribution is 2.33. The number of hydrogen-bond acceptors (Lipinski definition) is 7. The van der Waals surface area contributed by atoms with Crippen LogP contribution in [0.15, 0.2) is 11.8 Å². The number of carbonyl (C=O) groups excluding carboxylic acids is 2. The molecular formula is C14H16N2O4S. The van der Waals surface area contributed by atoms with E-state index < -0.39 is 11.9 Å². The Hall–Kier alpha value is -2.33. The molecule has 1 heterocycles. The van der Waals surface area contributed by atoms with E-state index in [2.05, 4.69) is 5.32 Å². The Morgan fingerprint density at radius 1 is 1.43 bits per heavy atom. The van der Waals surface area contributed by atoms with Crippen molar-refractivity contribution in [1.29, 1.82) is 5.26 Å². The van der Waals surface area contributed by atoms with Gasteiger partial charge in [-0.3, -0.25) is 0 Å². The zero-order valence-electron chi connectivity index (χ0n) is 12.3. The van der Waals surface area contributed by atoms with Gasteiger partial charge >= 0.3 is 11.9 Å². The highest BCUT2D eigenvalue weighted by atomic mass is 32.1. The molecule has 7 heteroatoms. The first kappa shape index (κ1) is 16.7. The lowest BCUT2D eigenvalue weighted by Gasteiger charge is -2.04. The van der Waals surface area contributed by atoms with E-state index in [4.69, 9.17) is 14.7 Å². The Bertz CT molecular complexity index is 626. The highest BCUT2D eigenvalue weighted by molar-refractivity contribution is 7.16. The van der Waals surface area contributed by atoms with Crippen LogP contribution in [-0.2, 0) is 14.3 Å². The number of ether oxygens (including phenoxy) is 2. The molecule has 0 saturated carbocycles. The standard InChI is InChI=1S/C14H16N2O4S/c1-5-20-13(17)10(6-15)7-16-12-11(14(18)19-4)8(2)9(3)21-12/h7,16H,5H2,1-4H3/b10-7+. The first-order valence-corrected chi connectivity index (χ1v) is 7.00. The van der Waals surface area contributed by atoms with Crippen molar-refractivity contribution in [2.24, 2.45) is 0 Å². The van der Waals surface area contributed by atoms with Crippen molar-refractivity contribution in [2.45, 2.75) is 20.8 Å². The summed E-state index contributed by atoms with van der Waals surface area (Å²) in [6, 6.07) is 1.75. The van der Waals surface area contributed by atoms with Crippen LogP contribution in [0, 0.1) is 25.2 Å². The first-order valence-electron chi connectivity index (χ1n) is 6.18. The van der Waals surface area contributed by atoms with Gasteiger partial charge in [0.25, 0.3) is 0 Å². The van der Waals surface area contributed by atoms with Crippen LogP contribution in [0.5, 0.6) is 0 Å². The number of hydrogen-bond donors (Lipinski definition) is 1. The Morgan fingerprint density at radius 3 is 2.62 bits per heavy atom. The zero-order chi connectivity index (χ0) is 16.0. The van der Waals surface area contributed by atoms with Crippen LogP contribution in [-0.4, -0.2) is 25.7 Å².